The Morgan fingerprint density at radius 1 is 1.32 bits per heavy atom. The average molecular weight is 295 g/mol. The van der Waals surface area contributed by atoms with Gasteiger partial charge >= 0.3 is 0 Å². The molecule has 100 valence electrons. The molecule has 1 saturated carbocycles. The van der Waals surface area contributed by atoms with Gasteiger partial charge in [-0.25, -0.2) is 4.39 Å². The molecule has 2 aromatic rings. The molecule has 1 aromatic carbocycles. The molecule has 1 heterocycles. The van der Waals surface area contributed by atoms with E-state index in [1.54, 1.807) is 23.1 Å². The summed E-state index contributed by atoms with van der Waals surface area (Å²) in [6, 6.07) is 7.22. The van der Waals surface area contributed by atoms with Gasteiger partial charge in [-0.3, -0.25) is 0 Å². The molecule has 1 aromatic heterocycles. The summed E-state index contributed by atoms with van der Waals surface area (Å²) in [6.07, 6.45) is 2.46. The lowest BCUT2D eigenvalue weighted by Crippen LogP contribution is -1.99. The Hall–Kier alpha value is -1.14. The largest absolute Gasteiger partial charge is 0.357 e. The third-order valence-corrected chi connectivity index (χ3v) is 5.03. The minimum atomic E-state index is -0.201. The zero-order valence-corrected chi connectivity index (χ0v) is 12.1. The van der Waals surface area contributed by atoms with Gasteiger partial charge in [-0.05, 0) is 37.5 Å². The summed E-state index contributed by atoms with van der Waals surface area (Å²) in [5, 5.41) is 12.8. The molecule has 1 fully saturated rings. The van der Waals surface area contributed by atoms with E-state index in [0.29, 0.717) is 6.04 Å². The zero-order chi connectivity index (χ0) is 13.2. The number of nitrogens with zero attached hydrogens (tertiary/aromatic N) is 2. The molecule has 0 aliphatic heterocycles. The number of anilines is 1. The average Bonchev–Trinajstić information content (AvgIpc) is 3.10. The molecule has 0 saturated heterocycles. The highest BCUT2D eigenvalue weighted by Gasteiger charge is 2.22. The molecule has 1 aliphatic carbocycles. The fourth-order valence-electron chi connectivity index (χ4n) is 1.67. The van der Waals surface area contributed by atoms with E-state index in [1.165, 1.54) is 25.0 Å². The fraction of sp³-hybridized carbons (Fsp3) is 0.385. The van der Waals surface area contributed by atoms with Crippen molar-refractivity contribution in [2.75, 3.05) is 5.32 Å². The van der Waals surface area contributed by atoms with Crippen molar-refractivity contribution in [3.63, 3.8) is 0 Å². The number of benzene rings is 1. The van der Waals surface area contributed by atoms with Crippen LogP contribution < -0.4 is 5.32 Å². The van der Waals surface area contributed by atoms with Crippen molar-refractivity contribution in [1.82, 2.24) is 10.2 Å². The van der Waals surface area contributed by atoms with E-state index in [9.17, 15) is 4.39 Å². The highest BCUT2D eigenvalue weighted by Crippen LogP contribution is 2.38. The molecule has 0 amide bonds. The summed E-state index contributed by atoms with van der Waals surface area (Å²) in [7, 11) is 0. The van der Waals surface area contributed by atoms with Crippen LogP contribution in [0.5, 0.6) is 0 Å². The molecule has 0 bridgehead atoms. The minimum Gasteiger partial charge on any atom is -0.357 e. The SMILES string of the molecule is CC(Sc1nnc(NC2CC2)s1)c1ccc(F)cc1. The molecule has 1 atom stereocenters. The van der Waals surface area contributed by atoms with Crippen molar-refractivity contribution in [1.29, 1.82) is 0 Å². The van der Waals surface area contributed by atoms with Crippen LogP contribution in [0.25, 0.3) is 0 Å². The fourth-order valence-corrected chi connectivity index (χ4v) is 3.77. The normalized spacial score (nSPS) is 16.3. The first-order chi connectivity index (χ1) is 9.20. The van der Waals surface area contributed by atoms with E-state index in [2.05, 4.69) is 22.4 Å². The van der Waals surface area contributed by atoms with Crippen LogP contribution in [-0.2, 0) is 0 Å². The Labute approximate surface area is 119 Å². The number of hydrogen-bond acceptors (Lipinski definition) is 5. The molecule has 3 rings (SSSR count). The smallest absolute Gasteiger partial charge is 0.206 e. The van der Waals surface area contributed by atoms with Gasteiger partial charge in [0.15, 0.2) is 4.34 Å². The predicted molar refractivity (Wildman–Crippen MR) is 77.2 cm³/mol. The molecule has 6 heteroatoms. The molecular weight excluding hydrogens is 281 g/mol. The molecule has 3 nitrogen and oxygen atoms in total. The van der Waals surface area contributed by atoms with E-state index < -0.39 is 0 Å². The van der Waals surface area contributed by atoms with E-state index in [-0.39, 0.29) is 11.1 Å². The molecular formula is C13H14FN3S2. The highest BCUT2D eigenvalue weighted by molar-refractivity contribution is 8.01. The van der Waals surface area contributed by atoms with Gasteiger partial charge in [0.1, 0.15) is 5.82 Å². The van der Waals surface area contributed by atoms with Gasteiger partial charge in [0.05, 0.1) is 0 Å². The van der Waals surface area contributed by atoms with Crippen LogP contribution >= 0.6 is 23.1 Å². The second-order valence-corrected chi connectivity index (χ2v) is 7.17. The van der Waals surface area contributed by atoms with Gasteiger partial charge in [-0.15, -0.1) is 10.2 Å². The van der Waals surface area contributed by atoms with Gasteiger partial charge < -0.3 is 5.32 Å². The molecule has 19 heavy (non-hydrogen) atoms. The van der Waals surface area contributed by atoms with Crippen molar-refractivity contribution >= 4 is 28.2 Å². The Morgan fingerprint density at radius 2 is 2.05 bits per heavy atom. The van der Waals surface area contributed by atoms with Crippen molar-refractivity contribution in [2.45, 2.75) is 35.4 Å². The third-order valence-electron chi connectivity index (χ3n) is 2.93. The summed E-state index contributed by atoms with van der Waals surface area (Å²) < 4.78 is 13.8. The molecule has 0 radical (unpaired) electrons. The monoisotopic (exact) mass is 295 g/mol. The lowest BCUT2D eigenvalue weighted by Gasteiger charge is -2.08. The zero-order valence-electron chi connectivity index (χ0n) is 10.5. The van der Waals surface area contributed by atoms with E-state index in [0.717, 1.165) is 15.0 Å². The first-order valence-electron chi connectivity index (χ1n) is 6.23. The van der Waals surface area contributed by atoms with E-state index in [4.69, 9.17) is 0 Å². The lowest BCUT2D eigenvalue weighted by atomic mass is 10.2. The summed E-state index contributed by atoms with van der Waals surface area (Å²) in [5.41, 5.74) is 1.10. The number of halogens is 1. The van der Waals surface area contributed by atoms with Crippen LogP contribution in [0.1, 0.15) is 30.6 Å². The molecule has 1 unspecified atom stereocenters. The maximum absolute atomic E-state index is 12.9. The van der Waals surface area contributed by atoms with Gasteiger partial charge in [-0.1, -0.05) is 35.2 Å². The summed E-state index contributed by atoms with van der Waals surface area (Å²) >= 11 is 3.24. The predicted octanol–water partition coefficient (Wildman–Crippen LogP) is 4.10. The number of thioether (sulfide) groups is 1. The van der Waals surface area contributed by atoms with Crippen LogP contribution in [0.3, 0.4) is 0 Å². The van der Waals surface area contributed by atoms with Crippen molar-refractivity contribution in [3.8, 4) is 0 Å². The maximum atomic E-state index is 12.9. The number of hydrogen-bond donors (Lipinski definition) is 1. The minimum absolute atomic E-state index is 0.201. The van der Waals surface area contributed by atoms with Crippen molar-refractivity contribution in [2.24, 2.45) is 0 Å². The van der Waals surface area contributed by atoms with Gasteiger partial charge in [0.25, 0.3) is 0 Å². The molecule has 1 aliphatic rings. The quantitative estimate of drug-likeness (QED) is 0.843. The third kappa shape index (κ3) is 3.45. The van der Waals surface area contributed by atoms with Crippen LogP contribution in [-0.4, -0.2) is 16.2 Å². The van der Waals surface area contributed by atoms with Crippen LogP contribution in [0.15, 0.2) is 28.6 Å². The van der Waals surface area contributed by atoms with Crippen molar-refractivity contribution in [3.05, 3.63) is 35.6 Å². The standard InChI is InChI=1S/C13H14FN3S2/c1-8(9-2-4-10(14)5-3-9)18-13-17-16-12(19-13)15-11-6-7-11/h2-5,8,11H,6-7H2,1H3,(H,15,16). The maximum Gasteiger partial charge on any atom is 0.206 e. The second-order valence-electron chi connectivity index (χ2n) is 4.60. The summed E-state index contributed by atoms with van der Waals surface area (Å²) in [6.45, 7) is 2.09. The first kappa shape index (κ1) is 12.9. The first-order valence-corrected chi connectivity index (χ1v) is 7.92. The summed E-state index contributed by atoms with van der Waals surface area (Å²) in [4.78, 5) is 0. The molecule has 1 N–H and O–H groups in total. The second kappa shape index (κ2) is 5.46. The van der Waals surface area contributed by atoms with Crippen LogP contribution in [0, 0.1) is 5.82 Å². The number of aromatic nitrogens is 2. The topological polar surface area (TPSA) is 37.8 Å². The van der Waals surface area contributed by atoms with Gasteiger partial charge in [0, 0.05) is 11.3 Å². The highest BCUT2D eigenvalue weighted by atomic mass is 32.2. The van der Waals surface area contributed by atoms with E-state index in [1.807, 2.05) is 12.1 Å². The summed E-state index contributed by atoms with van der Waals surface area (Å²) in [5.74, 6) is -0.201. The van der Waals surface area contributed by atoms with E-state index >= 15 is 0 Å². The van der Waals surface area contributed by atoms with Gasteiger partial charge in [-0.2, -0.15) is 0 Å². The van der Waals surface area contributed by atoms with Crippen LogP contribution in [0.2, 0.25) is 0 Å². The number of nitrogens with one attached hydrogen (secondary N) is 1. The Kier molecular flexibility index (Phi) is 3.70. The Morgan fingerprint density at radius 3 is 2.74 bits per heavy atom. The van der Waals surface area contributed by atoms with Crippen LogP contribution in [0.4, 0.5) is 9.52 Å². The number of rotatable bonds is 5. The molecule has 0 spiro atoms. The van der Waals surface area contributed by atoms with Crippen molar-refractivity contribution < 1.29 is 4.39 Å². The Balaban J connectivity index is 1.63. The lowest BCUT2D eigenvalue weighted by molar-refractivity contribution is 0.627. The van der Waals surface area contributed by atoms with Gasteiger partial charge in [0.2, 0.25) is 5.13 Å². The Bertz CT molecular complexity index is 551.